The summed E-state index contributed by atoms with van der Waals surface area (Å²) in [5, 5.41) is 8.12. The van der Waals surface area contributed by atoms with Gasteiger partial charge < -0.3 is 25.2 Å². The first-order chi connectivity index (χ1) is 22.8. The molecule has 0 unspecified atom stereocenters. The number of anilines is 5. The normalized spacial score (nSPS) is 21.1. The molecule has 1 aromatic heterocycles. The monoisotopic (exact) mass is 661 g/mol. The Morgan fingerprint density at radius 2 is 1.85 bits per heavy atom. The molecule has 4 heterocycles. The van der Waals surface area contributed by atoms with Gasteiger partial charge in [-0.25, -0.2) is 19.4 Å². The summed E-state index contributed by atoms with van der Waals surface area (Å²) in [4.78, 5) is 32.4. The Bertz CT molecular complexity index is 1640. The van der Waals surface area contributed by atoms with Crippen molar-refractivity contribution in [3.63, 3.8) is 0 Å². The number of hydrogen-bond acceptors (Lipinski definition) is 9. The third-order valence-electron chi connectivity index (χ3n) is 10.3. The zero-order chi connectivity index (χ0) is 32.5. The van der Waals surface area contributed by atoms with Crippen molar-refractivity contribution in [2.75, 3.05) is 60.5 Å². The molecule has 1 amide bonds. The van der Waals surface area contributed by atoms with Gasteiger partial charge in [0.05, 0.1) is 41.8 Å². The molecule has 1 saturated carbocycles. The Balaban J connectivity index is 1.10. The van der Waals surface area contributed by atoms with Crippen LogP contribution in [0.2, 0.25) is 5.02 Å². The Kier molecular flexibility index (Phi) is 8.95. The molecule has 1 atom stereocenters. The number of nitrogens with one attached hydrogen (secondary N) is 2. The maximum atomic E-state index is 13.8. The Morgan fingerprint density at radius 3 is 2.55 bits per heavy atom. The van der Waals surface area contributed by atoms with Crippen molar-refractivity contribution in [2.24, 2.45) is 5.41 Å². The van der Waals surface area contributed by atoms with E-state index in [2.05, 4.69) is 37.0 Å². The number of aromatic nitrogens is 2. The van der Waals surface area contributed by atoms with Crippen molar-refractivity contribution in [1.29, 1.82) is 0 Å². The minimum atomic E-state index is -0.466. The van der Waals surface area contributed by atoms with Gasteiger partial charge >= 0.3 is 0 Å². The smallest absolute Gasteiger partial charge is 0.247 e. The summed E-state index contributed by atoms with van der Waals surface area (Å²) in [7, 11) is 1.63. The van der Waals surface area contributed by atoms with Gasteiger partial charge in [-0.15, -0.1) is 0 Å². The highest BCUT2D eigenvalue weighted by molar-refractivity contribution is 6.30. The first-order valence-electron chi connectivity index (χ1n) is 16.5. The number of halogens is 2. The summed E-state index contributed by atoms with van der Waals surface area (Å²) < 4.78 is 19.7. The molecule has 4 fully saturated rings. The molecule has 3 saturated heterocycles. The van der Waals surface area contributed by atoms with Crippen LogP contribution in [0.3, 0.4) is 0 Å². The van der Waals surface area contributed by atoms with Crippen LogP contribution < -0.4 is 25.3 Å². The SMILES string of the molecule is C=CC(=O)Nc1cc(Nc2cc(N3OCC[C@@H]3c3ccc(F)c(Cl)c3)ncn2)c(OC)cc1N1CCC(N2CCC3(CC2)CC3)CC1. The van der Waals surface area contributed by atoms with E-state index in [-0.39, 0.29) is 17.0 Å². The summed E-state index contributed by atoms with van der Waals surface area (Å²) in [6.45, 7) is 8.35. The molecular weight excluding hydrogens is 621 g/mol. The standard InChI is InChI=1S/C35H41ClFN7O3/c1-3-34(45)41-27-19-28(31(46-2)20-30(27)43-13-6-24(7-14-43)42-15-11-35(9-10-35)12-16-42)40-32-21-33(39-22-38-32)44-29(8-17-47-44)23-4-5-26(37)25(36)18-23/h3-5,18-22,24,29H,1,6-17H2,2H3,(H,41,45)(H,38,39,40)/t29-/m1/s1. The van der Waals surface area contributed by atoms with Crippen molar-refractivity contribution in [2.45, 2.75) is 57.0 Å². The van der Waals surface area contributed by atoms with Gasteiger partial charge in [0.2, 0.25) is 5.91 Å². The van der Waals surface area contributed by atoms with Crippen LogP contribution >= 0.6 is 11.6 Å². The number of piperidine rings is 2. The van der Waals surface area contributed by atoms with Gasteiger partial charge in [0.1, 0.15) is 23.7 Å². The lowest BCUT2D eigenvalue weighted by Crippen LogP contribution is -2.48. The quantitative estimate of drug-likeness (QED) is 0.238. The molecule has 3 aromatic rings. The fourth-order valence-corrected chi connectivity index (χ4v) is 7.47. The first-order valence-corrected chi connectivity index (χ1v) is 16.8. The van der Waals surface area contributed by atoms with E-state index >= 15 is 0 Å². The molecule has 10 nitrogen and oxygen atoms in total. The number of hydrogen-bond donors (Lipinski definition) is 2. The molecule has 2 aromatic carbocycles. The molecule has 0 radical (unpaired) electrons. The maximum Gasteiger partial charge on any atom is 0.247 e. The van der Waals surface area contributed by atoms with Crippen molar-refractivity contribution in [3.8, 4) is 5.75 Å². The second-order valence-corrected chi connectivity index (χ2v) is 13.4. The summed E-state index contributed by atoms with van der Waals surface area (Å²) in [6.07, 6.45) is 11.1. The lowest BCUT2D eigenvalue weighted by atomic mass is 9.91. The molecule has 4 aliphatic rings. The second-order valence-electron chi connectivity index (χ2n) is 13.0. The fraction of sp³-hybridized carbons (Fsp3) is 0.457. The Labute approximate surface area is 279 Å². The zero-order valence-electron chi connectivity index (χ0n) is 26.7. The third kappa shape index (κ3) is 6.75. The third-order valence-corrected chi connectivity index (χ3v) is 10.6. The van der Waals surface area contributed by atoms with Crippen LogP contribution in [0.5, 0.6) is 5.75 Å². The predicted octanol–water partition coefficient (Wildman–Crippen LogP) is 6.87. The lowest BCUT2D eigenvalue weighted by molar-refractivity contribution is -0.111. The largest absolute Gasteiger partial charge is 0.494 e. The van der Waals surface area contributed by atoms with Gasteiger partial charge in [-0.2, -0.15) is 0 Å². The van der Waals surface area contributed by atoms with Crippen LogP contribution in [0.15, 0.2) is 55.4 Å². The van der Waals surface area contributed by atoms with Crippen LogP contribution in [0.25, 0.3) is 0 Å². The Morgan fingerprint density at radius 1 is 1.06 bits per heavy atom. The van der Waals surface area contributed by atoms with Gasteiger partial charge in [-0.3, -0.25) is 9.63 Å². The van der Waals surface area contributed by atoms with Crippen molar-refractivity contribution >= 4 is 46.2 Å². The summed E-state index contributed by atoms with van der Waals surface area (Å²) in [6, 6.07) is 10.7. The van der Waals surface area contributed by atoms with E-state index in [1.165, 1.54) is 57.2 Å². The van der Waals surface area contributed by atoms with E-state index in [1.54, 1.807) is 30.4 Å². The minimum absolute atomic E-state index is 0.0620. The van der Waals surface area contributed by atoms with E-state index in [0.717, 1.165) is 37.2 Å². The highest BCUT2D eigenvalue weighted by Gasteiger charge is 2.45. The van der Waals surface area contributed by atoms with Gasteiger partial charge in [0, 0.05) is 37.7 Å². The predicted molar refractivity (Wildman–Crippen MR) is 182 cm³/mol. The summed E-state index contributed by atoms with van der Waals surface area (Å²) >= 11 is 6.07. The minimum Gasteiger partial charge on any atom is -0.494 e. The van der Waals surface area contributed by atoms with Gasteiger partial charge in [-0.1, -0.05) is 24.2 Å². The molecule has 2 N–H and O–H groups in total. The number of ether oxygens (including phenoxy) is 1. The molecule has 1 spiro atoms. The number of hydroxylamine groups is 1. The van der Waals surface area contributed by atoms with Crippen molar-refractivity contribution in [3.05, 3.63) is 71.8 Å². The number of amides is 1. The van der Waals surface area contributed by atoms with E-state index < -0.39 is 5.82 Å². The van der Waals surface area contributed by atoms with Crippen LogP contribution in [0.4, 0.5) is 33.1 Å². The summed E-state index contributed by atoms with van der Waals surface area (Å²) in [5.41, 5.74) is 3.70. The average molecular weight is 662 g/mol. The molecule has 47 heavy (non-hydrogen) atoms. The number of carbonyl (C=O) groups excluding carboxylic acids is 1. The highest BCUT2D eigenvalue weighted by Crippen LogP contribution is 2.54. The second kappa shape index (κ2) is 13.3. The average Bonchev–Trinajstić information content (AvgIpc) is 3.65. The molecule has 3 aliphatic heterocycles. The number of carbonyl (C=O) groups is 1. The fourth-order valence-electron chi connectivity index (χ4n) is 7.28. The number of nitrogens with zero attached hydrogens (tertiary/aromatic N) is 5. The maximum absolute atomic E-state index is 13.8. The molecule has 1 aliphatic carbocycles. The number of likely N-dealkylation sites (tertiary alicyclic amines) is 1. The Hall–Kier alpha value is -3.93. The molecular formula is C35H41ClFN7O3. The van der Waals surface area contributed by atoms with Crippen LogP contribution in [-0.4, -0.2) is 66.7 Å². The highest BCUT2D eigenvalue weighted by atomic mass is 35.5. The van der Waals surface area contributed by atoms with Gasteiger partial charge in [-0.05, 0) is 86.9 Å². The number of rotatable bonds is 9. The van der Waals surface area contributed by atoms with E-state index in [9.17, 15) is 9.18 Å². The molecule has 7 rings (SSSR count). The molecule has 248 valence electrons. The van der Waals surface area contributed by atoms with Crippen LogP contribution in [0.1, 0.15) is 56.6 Å². The van der Waals surface area contributed by atoms with Gasteiger partial charge in [0.15, 0.2) is 5.82 Å². The molecule has 12 heteroatoms. The number of benzene rings is 2. The topological polar surface area (TPSA) is 95.1 Å². The number of methoxy groups -OCH3 is 1. The van der Waals surface area contributed by atoms with E-state index in [4.69, 9.17) is 21.2 Å². The summed E-state index contributed by atoms with van der Waals surface area (Å²) in [5.74, 6) is 0.892. The van der Waals surface area contributed by atoms with Crippen LogP contribution in [0, 0.1) is 11.2 Å². The van der Waals surface area contributed by atoms with Gasteiger partial charge in [0.25, 0.3) is 0 Å². The van der Waals surface area contributed by atoms with E-state index in [1.807, 2.05) is 12.1 Å². The lowest BCUT2D eigenvalue weighted by Gasteiger charge is -2.43. The first kappa shape index (κ1) is 31.7. The van der Waals surface area contributed by atoms with Crippen molar-refractivity contribution in [1.82, 2.24) is 14.9 Å². The zero-order valence-corrected chi connectivity index (χ0v) is 27.4. The van der Waals surface area contributed by atoms with Crippen molar-refractivity contribution < 1.29 is 18.8 Å². The van der Waals surface area contributed by atoms with Crippen LogP contribution in [-0.2, 0) is 9.63 Å². The molecule has 0 bridgehead atoms. The van der Waals surface area contributed by atoms with E-state index in [0.29, 0.717) is 53.2 Å².